The number of nitrogens with one attached hydrogen (secondary N) is 2. The number of benzene rings is 3. The van der Waals surface area contributed by atoms with Crippen LogP contribution in [0.25, 0.3) is 0 Å². The topological polar surface area (TPSA) is 155 Å². The molecule has 6 rings (SSSR count). The third kappa shape index (κ3) is 10.6. The molecule has 52 heavy (non-hydrogen) atoms. The molecule has 0 saturated carbocycles. The van der Waals surface area contributed by atoms with Crippen molar-refractivity contribution in [2.75, 3.05) is 54.0 Å². The van der Waals surface area contributed by atoms with Gasteiger partial charge in [-0.3, -0.25) is 14.5 Å². The van der Waals surface area contributed by atoms with E-state index in [1.807, 2.05) is 66.7 Å². The minimum atomic E-state index is -0.618. The van der Waals surface area contributed by atoms with Gasteiger partial charge >= 0.3 is 0 Å². The smallest absolute Gasteiger partial charge is 0.225 e. The van der Waals surface area contributed by atoms with Crippen LogP contribution in [-0.2, 0) is 25.7 Å². The normalized spacial score (nSPS) is 19.2. The molecule has 4 aromatic rings. The summed E-state index contributed by atoms with van der Waals surface area (Å²) >= 11 is 0. The zero-order valence-electron chi connectivity index (χ0n) is 29.5. The number of para-hydroxylation sites is 2. The van der Waals surface area contributed by atoms with E-state index in [4.69, 9.17) is 15.2 Å². The van der Waals surface area contributed by atoms with Crippen LogP contribution in [0.5, 0.6) is 0 Å². The zero-order chi connectivity index (χ0) is 36.1. The van der Waals surface area contributed by atoms with Gasteiger partial charge in [-0.15, -0.1) is 0 Å². The van der Waals surface area contributed by atoms with Gasteiger partial charge in [-0.05, 0) is 54.3 Å². The minimum Gasteiger partial charge on any atom is -0.397 e. The van der Waals surface area contributed by atoms with E-state index in [0.29, 0.717) is 36.3 Å². The first-order valence-electron chi connectivity index (χ1n) is 18.2. The van der Waals surface area contributed by atoms with Crippen LogP contribution in [0.15, 0.2) is 91.3 Å². The Labute approximate surface area is 305 Å². The Bertz CT molecular complexity index is 1730. The predicted octanol–water partition coefficient (Wildman–Crippen LogP) is 5.84. The van der Waals surface area contributed by atoms with Crippen LogP contribution in [0.4, 0.5) is 23.0 Å². The van der Waals surface area contributed by atoms with E-state index in [0.717, 1.165) is 81.0 Å². The Morgan fingerprint density at radius 1 is 0.788 bits per heavy atom. The van der Waals surface area contributed by atoms with Crippen molar-refractivity contribution in [3.63, 3.8) is 0 Å². The lowest BCUT2D eigenvalue weighted by Gasteiger charge is -2.40. The summed E-state index contributed by atoms with van der Waals surface area (Å²) in [5.41, 5.74) is 10.5. The van der Waals surface area contributed by atoms with E-state index >= 15 is 0 Å². The molecule has 12 heteroatoms. The van der Waals surface area contributed by atoms with Crippen molar-refractivity contribution in [1.82, 2.24) is 14.9 Å². The van der Waals surface area contributed by atoms with Crippen LogP contribution in [0.2, 0.25) is 0 Å². The second kappa shape index (κ2) is 18.6. The Kier molecular flexibility index (Phi) is 13.2. The number of amides is 2. The Morgan fingerprint density at radius 3 is 2.21 bits per heavy atom. The van der Waals surface area contributed by atoms with Crippen molar-refractivity contribution in [2.45, 2.75) is 70.1 Å². The van der Waals surface area contributed by atoms with Crippen LogP contribution in [-0.4, -0.2) is 70.6 Å². The molecule has 0 bridgehead atoms. The molecule has 0 spiro atoms. The van der Waals surface area contributed by atoms with Crippen molar-refractivity contribution in [2.24, 2.45) is 0 Å². The van der Waals surface area contributed by atoms with E-state index in [1.165, 1.54) is 0 Å². The second-order valence-corrected chi connectivity index (χ2v) is 13.4. The fourth-order valence-corrected chi connectivity index (χ4v) is 6.64. The molecule has 2 aliphatic heterocycles. The van der Waals surface area contributed by atoms with Gasteiger partial charge in [0.25, 0.3) is 0 Å². The molecule has 3 heterocycles. The number of unbranched alkanes of at least 4 members (excludes halogenated alkanes) is 3. The molecule has 3 unspecified atom stereocenters. The molecule has 3 atom stereocenters. The zero-order valence-corrected chi connectivity index (χ0v) is 29.5. The van der Waals surface area contributed by atoms with Gasteiger partial charge in [0.05, 0.1) is 30.2 Å². The van der Waals surface area contributed by atoms with Crippen LogP contribution < -0.4 is 21.3 Å². The highest BCUT2D eigenvalue weighted by Gasteiger charge is 2.34. The average molecular weight is 708 g/mol. The summed E-state index contributed by atoms with van der Waals surface area (Å²) in [5, 5.41) is 15.5. The quantitative estimate of drug-likeness (QED) is 0.0876. The predicted molar refractivity (Wildman–Crippen MR) is 201 cm³/mol. The number of piperazine rings is 1. The molecule has 0 radical (unpaired) electrons. The molecular formula is C40H49N7O5. The number of hydrogen-bond acceptors (Lipinski definition) is 10. The largest absolute Gasteiger partial charge is 0.397 e. The number of carbonyl (C=O) groups is 2. The fourth-order valence-electron chi connectivity index (χ4n) is 6.64. The second-order valence-electron chi connectivity index (χ2n) is 13.4. The van der Waals surface area contributed by atoms with Gasteiger partial charge in [-0.2, -0.15) is 0 Å². The number of nitrogen functional groups attached to an aromatic ring is 1. The van der Waals surface area contributed by atoms with E-state index in [9.17, 15) is 14.7 Å². The van der Waals surface area contributed by atoms with Gasteiger partial charge in [-0.1, -0.05) is 61.4 Å². The van der Waals surface area contributed by atoms with Crippen LogP contribution in [0.3, 0.4) is 0 Å². The van der Waals surface area contributed by atoms with Crippen molar-refractivity contribution >= 4 is 34.8 Å². The molecule has 2 fully saturated rings. The molecule has 2 amide bonds. The number of nitrogens with zero attached hydrogens (tertiary/aromatic N) is 4. The first kappa shape index (κ1) is 36.9. The molecule has 274 valence electrons. The molecule has 0 aliphatic carbocycles. The number of carbonyl (C=O) groups excluding carboxylic acids is 2. The fraction of sp³-hybridized carbons (Fsp3) is 0.400. The van der Waals surface area contributed by atoms with Gasteiger partial charge in [0.2, 0.25) is 17.8 Å². The Hall–Kier alpha value is -4.88. The lowest BCUT2D eigenvalue weighted by molar-refractivity contribution is -0.253. The number of ether oxygens (including phenoxy) is 2. The van der Waals surface area contributed by atoms with Crippen molar-refractivity contribution in [1.29, 1.82) is 0 Å². The lowest BCUT2D eigenvalue weighted by atomic mass is 9.99. The summed E-state index contributed by atoms with van der Waals surface area (Å²) in [7, 11) is 0. The summed E-state index contributed by atoms with van der Waals surface area (Å²) in [4.78, 5) is 38.6. The van der Waals surface area contributed by atoms with Crippen molar-refractivity contribution < 1.29 is 24.2 Å². The molecule has 1 aromatic heterocycles. The third-order valence-corrected chi connectivity index (χ3v) is 9.52. The maximum atomic E-state index is 12.9. The maximum absolute atomic E-state index is 12.9. The number of hydrogen-bond donors (Lipinski definition) is 4. The molecule has 12 nitrogen and oxygen atoms in total. The monoisotopic (exact) mass is 707 g/mol. The van der Waals surface area contributed by atoms with Crippen molar-refractivity contribution in [3.8, 4) is 0 Å². The highest BCUT2D eigenvalue weighted by Crippen LogP contribution is 2.39. The Morgan fingerprint density at radius 2 is 1.50 bits per heavy atom. The summed E-state index contributed by atoms with van der Waals surface area (Å²) in [5.74, 6) is 0.644. The third-order valence-electron chi connectivity index (χ3n) is 9.52. The SMILES string of the molecule is Nc1ccccc1NC(=O)CCCCCCC(=O)Nc1cccc(C2OC(CN3CCN(c4ncccn4)CC3)CC(c3ccc(CO)cc3)O2)c1. The molecule has 5 N–H and O–H groups in total. The van der Waals surface area contributed by atoms with Gasteiger partial charge in [-0.25, -0.2) is 9.97 Å². The van der Waals surface area contributed by atoms with Crippen LogP contribution >= 0.6 is 0 Å². The summed E-state index contributed by atoms with van der Waals surface area (Å²) in [6.07, 6.45) is 7.35. The van der Waals surface area contributed by atoms with Crippen molar-refractivity contribution in [3.05, 3.63) is 108 Å². The lowest BCUT2D eigenvalue weighted by Crippen LogP contribution is -2.50. The standard InChI is InChI=1S/C40H49N7O5/c41-34-11-5-6-12-35(34)45-38(50)14-4-2-1-3-13-37(49)44-32-10-7-9-31(25-32)39-51-33(26-36(52-39)30-17-15-29(28-48)16-18-30)27-46-21-23-47(24-22-46)40-42-19-8-20-43-40/h5-12,15-20,25,33,36,39,48H,1-4,13-14,21-24,26-28,41H2,(H,44,49)(H,45,50). The molecule has 3 aromatic carbocycles. The van der Waals surface area contributed by atoms with Gasteiger partial charge in [0.15, 0.2) is 6.29 Å². The molecular weight excluding hydrogens is 658 g/mol. The van der Waals surface area contributed by atoms with E-state index < -0.39 is 6.29 Å². The summed E-state index contributed by atoms with van der Waals surface area (Å²) < 4.78 is 13.2. The van der Waals surface area contributed by atoms with Gasteiger partial charge < -0.3 is 35.8 Å². The number of aromatic nitrogens is 2. The number of aliphatic hydroxyl groups is 1. The van der Waals surface area contributed by atoms with E-state index in [2.05, 4.69) is 30.4 Å². The number of rotatable bonds is 15. The van der Waals surface area contributed by atoms with Gasteiger partial charge in [0.1, 0.15) is 0 Å². The van der Waals surface area contributed by atoms with E-state index in [-0.39, 0.29) is 30.6 Å². The number of aliphatic hydroxyl groups excluding tert-OH is 1. The first-order chi connectivity index (χ1) is 25.4. The van der Waals surface area contributed by atoms with E-state index in [1.54, 1.807) is 24.5 Å². The summed E-state index contributed by atoms with van der Waals surface area (Å²) in [6.45, 7) is 4.18. The number of anilines is 4. The highest BCUT2D eigenvalue weighted by molar-refractivity contribution is 5.93. The van der Waals surface area contributed by atoms with Crippen LogP contribution in [0, 0.1) is 0 Å². The van der Waals surface area contributed by atoms with Gasteiger partial charge in [0, 0.05) is 75.6 Å². The van der Waals surface area contributed by atoms with Crippen LogP contribution in [0.1, 0.15) is 74.0 Å². The Balaban J connectivity index is 0.998. The molecule has 2 saturated heterocycles. The number of nitrogens with two attached hydrogens (primary N) is 1. The first-order valence-corrected chi connectivity index (χ1v) is 18.2. The summed E-state index contributed by atoms with van der Waals surface area (Å²) in [6, 6.07) is 24.6. The average Bonchev–Trinajstić information content (AvgIpc) is 3.18. The highest BCUT2D eigenvalue weighted by atomic mass is 16.7. The maximum Gasteiger partial charge on any atom is 0.225 e. The minimum absolute atomic E-state index is 0.0111. The molecule has 2 aliphatic rings.